The molecule has 0 bridgehead atoms. The van der Waals surface area contributed by atoms with E-state index >= 15 is 0 Å². The molecule has 6 heteroatoms. The van der Waals surface area contributed by atoms with Crippen LogP contribution in [0.15, 0.2) is 17.1 Å². The Morgan fingerprint density at radius 3 is 3.00 bits per heavy atom. The molecule has 0 radical (unpaired) electrons. The van der Waals surface area contributed by atoms with Gasteiger partial charge in [0.25, 0.3) is 5.56 Å². The maximum atomic E-state index is 12.5. The van der Waals surface area contributed by atoms with E-state index in [2.05, 4.69) is 18.1 Å². The van der Waals surface area contributed by atoms with Crippen molar-refractivity contribution in [1.29, 1.82) is 5.26 Å². The molecule has 3 aromatic rings. The predicted octanol–water partition coefficient (Wildman–Crippen LogP) is 2.65. The number of hydrogen-bond donors (Lipinski definition) is 0. The van der Waals surface area contributed by atoms with E-state index in [1.807, 2.05) is 17.6 Å². The highest BCUT2D eigenvalue weighted by atomic mass is 32.1. The van der Waals surface area contributed by atoms with Crippen molar-refractivity contribution in [2.45, 2.75) is 33.4 Å². The Balaban J connectivity index is 2.37. The van der Waals surface area contributed by atoms with Gasteiger partial charge in [0, 0.05) is 16.8 Å². The van der Waals surface area contributed by atoms with Crippen molar-refractivity contribution in [3.05, 3.63) is 27.5 Å². The van der Waals surface area contributed by atoms with Crippen molar-refractivity contribution in [2.75, 3.05) is 0 Å². The number of thiophene rings is 1. The van der Waals surface area contributed by atoms with Gasteiger partial charge in [-0.25, -0.2) is 4.68 Å². The Morgan fingerprint density at radius 1 is 1.50 bits per heavy atom. The molecule has 0 saturated carbocycles. The fraction of sp³-hybridized carbons (Fsp3) is 0.357. The first-order chi connectivity index (χ1) is 9.67. The van der Waals surface area contributed by atoms with Crippen molar-refractivity contribution in [2.24, 2.45) is 0 Å². The molecule has 5 nitrogen and oxygen atoms in total. The summed E-state index contributed by atoms with van der Waals surface area (Å²) >= 11 is 1.69. The molecule has 0 aliphatic rings. The molecule has 0 saturated heterocycles. The molecule has 0 fully saturated rings. The van der Waals surface area contributed by atoms with Crippen LogP contribution < -0.4 is 5.56 Å². The van der Waals surface area contributed by atoms with Crippen molar-refractivity contribution in [3.63, 3.8) is 0 Å². The number of fused-ring (bicyclic) bond motifs is 3. The molecule has 3 heterocycles. The highest BCUT2D eigenvalue weighted by Crippen LogP contribution is 2.33. The van der Waals surface area contributed by atoms with Crippen LogP contribution in [0.1, 0.15) is 18.2 Å². The Morgan fingerprint density at radius 2 is 2.30 bits per heavy atom. The van der Waals surface area contributed by atoms with Gasteiger partial charge in [-0.1, -0.05) is 0 Å². The Labute approximate surface area is 119 Å². The molecule has 102 valence electrons. The zero-order valence-electron chi connectivity index (χ0n) is 11.4. The van der Waals surface area contributed by atoms with Crippen LogP contribution in [0.25, 0.3) is 21.1 Å². The summed E-state index contributed by atoms with van der Waals surface area (Å²) in [6.07, 6.45) is 2.04. The Bertz CT molecular complexity index is 894. The molecule has 0 aliphatic carbocycles. The van der Waals surface area contributed by atoms with Gasteiger partial charge in [0.2, 0.25) is 0 Å². The highest BCUT2D eigenvalue weighted by Gasteiger charge is 2.16. The van der Waals surface area contributed by atoms with E-state index in [1.165, 1.54) is 9.56 Å². The molecule has 0 amide bonds. The van der Waals surface area contributed by atoms with Crippen molar-refractivity contribution >= 4 is 32.5 Å². The predicted molar refractivity (Wildman–Crippen MR) is 80.0 cm³/mol. The lowest BCUT2D eigenvalue weighted by molar-refractivity contribution is 0.592. The molecule has 3 rings (SSSR count). The molecule has 0 aromatic carbocycles. The van der Waals surface area contributed by atoms with Gasteiger partial charge in [-0.15, -0.1) is 11.3 Å². The average Bonchev–Trinajstić information content (AvgIpc) is 2.93. The molecule has 0 atom stereocenters. The summed E-state index contributed by atoms with van der Waals surface area (Å²) in [7, 11) is 0. The van der Waals surface area contributed by atoms with Gasteiger partial charge in [0.05, 0.1) is 35.4 Å². The van der Waals surface area contributed by atoms with E-state index in [1.54, 1.807) is 17.5 Å². The molecule has 0 aliphatic heterocycles. The molecule has 20 heavy (non-hydrogen) atoms. The van der Waals surface area contributed by atoms with Crippen molar-refractivity contribution < 1.29 is 0 Å². The molecule has 3 aromatic heterocycles. The fourth-order valence-corrected chi connectivity index (χ4v) is 3.59. The third-order valence-electron chi connectivity index (χ3n) is 3.41. The molecular formula is C14H14N4OS. The fourth-order valence-electron chi connectivity index (χ4n) is 2.56. The van der Waals surface area contributed by atoms with Crippen LogP contribution in [0.3, 0.4) is 0 Å². The molecule has 0 spiro atoms. The van der Waals surface area contributed by atoms with E-state index in [0.717, 1.165) is 22.1 Å². The van der Waals surface area contributed by atoms with E-state index in [0.29, 0.717) is 18.5 Å². The van der Waals surface area contributed by atoms with Gasteiger partial charge in [-0.2, -0.15) is 10.4 Å². The zero-order chi connectivity index (χ0) is 14.3. The third kappa shape index (κ3) is 1.74. The third-order valence-corrected chi connectivity index (χ3v) is 4.48. The van der Waals surface area contributed by atoms with Gasteiger partial charge in [0.15, 0.2) is 0 Å². The lowest BCUT2D eigenvalue weighted by atomic mass is 10.3. The van der Waals surface area contributed by atoms with Crippen LogP contribution in [-0.4, -0.2) is 14.3 Å². The SMILES string of the molecule is CCn1c2cc(C)sc2c2cnn(CCC#N)c(=O)c21. The second-order valence-corrected chi connectivity index (χ2v) is 5.92. The lowest BCUT2D eigenvalue weighted by Gasteiger charge is -2.04. The van der Waals surface area contributed by atoms with Gasteiger partial charge < -0.3 is 4.57 Å². The van der Waals surface area contributed by atoms with Crippen molar-refractivity contribution in [3.8, 4) is 6.07 Å². The summed E-state index contributed by atoms with van der Waals surface area (Å²) in [5, 5.41) is 13.8. The topological polar surface area (TPSA) is 63.6 Å². The minimum Gasteiger partial charge on any atom is -0.335 e. The first-order valence-electron chi connectivity index (χ1n) is 6.52. The summed E-state index contributed by atoms with van der Waals surface area (Å²) < 4.78 is 4.55. The van der Waals surface area contributed by atoms with E-state index in [4.69, 9.17) is 5.26 Å². The van der Waals surface area contributed by atoms with Crippen LogP contribution >= 0.6 is 11.3 Å². The molecule has 0 N–H and O–H groups in total. The summed E-state index contributed by atoms with van der Waals surface area (Å²) in [6.45, 7) is 5.18. The number of nitriles is 1. The Hall–Kier alpha value is -2.13. The second kappa shape index (κ2) is 4.76. The quantitative estimate of drug-likeness (QED) is 0.743. The monoisotopic (exact) mass is 286 g/mol. The lowest BCUT2D eigenvalue weighted by Crippen LogP contribution is -2.24. The number of nitrogens with zero attached hydrogens (tertiary/aromatic N) is 4. The van der Waals surface area contributed by atoms with Crippen LogP contribution in [0.2, 0.25) is 0 Å². The van der Waals surface area contributed by atoms with Gasteiger partial charge in [0.1, 0.15) is 5.52 Å². The number of aryl methyl sites for hydroxylation is 3. The first-order valence-corrected chi connectivity index (χ1v) is 7.34. The maximum Gasteiger partial charge on any atom is 0.291 e. The number of rotatable bonds is 3. The van der Waals surface area contributed by atoms with E-state index in [-0.39, 0.29) is 5.56 Å². The van der Waals surface area contributed by atoms with Gasteiger partial charge >= 0.3 is 0 Å². The molecule has 0 unspecified atom stereocenters. The van der Waals surface area contributed by atoms with Gasteiger partial charge in [-0.3, -0.25) is 4.79 Å². The molecular weight excluding hydrogens is 272 g/mol. The standard InChI is InChI=1S/C14H14N4OS/c1-3-17-11-7-9(2)20-13(11)10-8-16-18(6-4-5-15)14(19)12(10)17/h7-8H,3-4,6H2,1-2H3. The van der Waals surface area contributed by atoms with Crippen LogP contribution in [0, 0.1) is 18.3 Å². The van der Waals surface area contributed by atoms with Gasteiger partial charge in [-0.05, 0) is 19.9 Å². The highest BCUT2D eigenvalue weighted by molar-refractivity contribution is 7.20. The number of aromatic nitrogens is 3. The normalized spacial score (nSPS) is 11.2. The summed E-state index contributed by atoms with van der Waals surface area (Å²) in [6, 6.07) is 4.16. The smallest absolute Gasteiger partial charge is 0.291 e. The minimum absolute atomic E-state index is 0.111. The number of hydrogen-bond acceptors (Lipinski definition) is 4. The summed E-state index contributed by atoms with van der Waals surface area (Å²) in [4.78, 5) is 13.8. The Kier molecular flexibility index (Phi) is 3.07. The van der Waals surface area contributed by atoms with E-state index in [9.17, 15) is 4.79 Å². The largest absolute Gasteiger partial charge is 0.335 e. The maximum absolute atomic E-state index is 12.5. The van der Waals surface area contributed by atoms with Crippen LogP contribution in [0.5, 0.6) is 0 Å². The van der Waals surface area contributed by atoms with Crippen LogP contribution in [-0.2, 0) is 13.1 Å². The zero-order valence-corrected chi connectivity index (χ0v) is 12.2. The summed E-state index contributed by atoms with van der Waals surface area (Å²) in [5.41, 5.74) is 1.68. The summed E-state index contributed by atoms with van der Waals surface area (Å²) in [5.74, 6) is 0. The van der Waals surface area contributed by atoms with Crippen molar-refractivity contribution in [1.82, 2.24) is 14.3 Å². The van der Waals surface area contributed by atoms with E-state index < -0.39 is 0 Å². The van der Waals surface area contributed by atoms with Crippen LogP contribution in [0.4, 0.5) is 0 Å². The first kappa shape index (κ1) is 12.9. The minimum atomic E-state index is -0.111. The average molecular weight is 286 g/mol. The second-order valence-electron chi connectivity index (χ2n) is 4.66.